The van der Waals surface area contributed by atoms with Crippen molar-refractivity contribution in [2.24, 2.45) is 0 Å². The molecule has 0 fully saturated rings. The normalized spacial score (nSPS) is 12.1. The fourth-order valence-corrected chi connectivity index (χ4v) is 3.19. The Kier molecular flexibility index (Phi) is 4.56. The van der Waals surface area contributed by atoms with Gasteiger partial charge in [0.2, 0.25) is 5.82 Å². The molecule has 0 saturated carbocycles. The number of hydrogen-bond donors (Lipinski definition) is 1. The number of nitrogens with zero attached hydrogens (tertiary/aromatic N) is 1. The highest BCUT2D eigenvalue weighted by atomic mass is 32.2. The molecule has 27 heavy (non-hydrogen) atoms. The minimum atomic E-state index is -4.64. The highest BCUT2D eigenvalue weighted by Crippen LogP contribution is 2.32. The molecule has 0 amide bonds. The van der Waals surface area contributed by atoms with Crippen molar-refractivity contribution in [2.45, 2.75) is 11.1 Å². The monoisotopic (exact) mass is 400 g/mol. The van der Waals surface area contributed by atoms with Crippen molar-refractivity contribution in [3.05, 3.63) is 53.9 Å². The van der Waals surface area contributed by atoms with Gasteiger partial charge in [-0.25, -0.2) is 9.78 Å². The molecule has 142 valence electrons. The van der Waals surface area contributed by atoms with Crippen LogP contribution in [-0.2, 0) is 21.0 Å². The standard InChI is InChI=1S/C16H11F3N2O5S/c1-25-15(22)14-20-12-6-5-11(8-13(12)21-14)27(23,24)26-10-4-2-3-9(7-10)16(17,18)19/h2-8H,1H3,(H,20,21). The Bertz CT molecular complexity index is 1120. The lowest BCUT2D eigenvalue weighted by molar-refractivity contribution is -0.137. The van der Waals surface area contributed by atoms with Crippen LogP contribution in [0.1, 0.15) is 16.2 Å². The van der Waals surface area contributed by atoms with E-state index in [2.05, 4.69) is 14.7 Å². The summed E-state index contributed by atoms with van der Waals surface area (Å²) >= 11 is 0. The van der Waals surface area contributed by atoms with E-state index in [1.54, 1.807) is 0 Å². The first-order valence-electron chi connectivity index (χ1n) is 7.30. The molecule has 0 radical (unpaired) electrons. The van der Waals surface area contributed by atoms with Gasteiger partial charge in [-0.2, -0.15) is 21.6 Å². The van der Waals surface area contributed by atoms with Gasteiger partial charge in [-0.05, 0) is 36.4 Å². The second-order valence-corrected chi connectivity index (χ2v) is 6.87. The van der Waals surface area contributed by atoms with Gasteiger partial charge in [0.05, 0.1) is 23.7 Å². The summed E-state index contributed by atoms with van der Waals surface area (Å²) in [6.45, 7) is 0. The number of hydrogen-bond acceptors (Lipinski definition) is 6. The summed E-state index contributed by atoms with van der Waals surface area (Å²) in [5.74, 6) is -1.35. The van der Waals surface area contributed by atoms with Crippen LogP contribution in [0.4, 0.5) is 13.2 Å². The summed E-state index contributed by atoms with van der Waals surface area (Å²) in [6.07, 6.45) is -4.64. The number of benzene rings is 2. The number of fused-ring (bicyclic) bond motifs is 1. The Morgan fingerprint density at radius 3 is 2.56 bits per heavy atom. The summed E-state index contributed by atoms with van der Waals surface area (Å²) in [6, 6.07) is 7.14. The van der Waals surface area contributed by atoms with Gasteiger partial charge >= 0.3 is 22.3 Å². The Hall–Kier alpha value is -3.08. The molecular weight excluding hydrogens is 389 g/mol. The zero-order valence-corrected chi connectivity index (χ0v) is 14.4. The number of methoxy groups -OCH3 is 1. The van der Waals surface area contributed by atoms with Crippen LogP contribution in [0, 0.1) is 0 Å². The second-order valence-electron chi connectivity index (χ2n) is 5.32. The van der Waals surface area contributed by atoms with E-state index in [4.69, 9.17) is 4.18 Å². The molecule has 3 aromatic rings. The third-order valence-electron chi connectivity index (χ3n) is 3.49. The molecule has 0 aliphatic heterocycles. The third-order valence-corrected chi connectivity index (χ3v) is 4.73. The number of imidazole rings is 1. The molecule has 0 atom stereocenters. The summed E-state index contributed by atoms with van der Waals surface area (Å²) < 4.78 is 72.3. The van der Waals surface area contributed by atoms with Gasteiger partial charge < -0.3 is 13.9 Å². The maximum Gasteiger partial charge on any atom is 0.416 e. The highest BCUT2D eigenvalue weighted by Gasteiger charge is 2.31. The summed E-state index contributed by atoms with van der Waals surface area (Å²) in [5.41, 5.74) is -0.528. The molecule has 7 nitrogen and oxygen atoms in total. The van der Waals surface area contributed by atoms with E-state index in [0.717, 1.165) is 37.4 Å². The summed E-state index contributed by atoms with van der Waals surface area (Å²) in [4.78, 5) is 17.7. The van der Waals surface area contributed by atoms with Crippen LogP contribution in [0.5, 0.6) is 5.75 Å². The van der Waals surface area contributed by atoms with Crippen LogP contribution >= 0.6 is 0 Å². The zero-order chi connectivity index (χ0) is 19.8. The van der Waals surface area contributed by atoms with E-state index in [1.807, 2.05) is 0 Å². The third kappa shape index (κ3) is 3.87. The van der Waals surface area contributed by atoms with Gasteiger partial charge in [0.25, 0.3) is 0 Å². The molecule has 1 aromatic heterocycles. The number of rotatable bonds is 4. The fraction of sp³-hybridized carbons (Fsp3) is 0.125. The molecule has 0 saturated heterocycles. The summed E-state index contributed by atoms with van der Waals surface area (Å²) in [5, 5.41) is 0. The minimum Gasteiger partial charge on any atom is -0.463 e. The van der Waals surface area contributed by atoms with Crippen molar-refractivity contribution in [1.82, 2.24) is 9.97 Å². The first-order valence-corrected chi connectivity index (χ1v) is 8.71. The van der Waals surface area contributed by atoms with Crippen LogP contribution in [-0.4, -0.2) is 31.5 Å². The smallest absolute Gasteiger partial charge is 0.416 e. The molecule has 1 heterocycles. The van der Waals surface area contributed by atoms with Crippen molar-refractivity contribution >= 4 is 27.1 Å². The predicted molar refractivity (Wildman–Crippen MR) is 86.7 cm³/mol. The number of H-pyrrole nitrogens is 1. The fourth-order valence-electron chi connectivity index (χ4n) is 2.24. The van der Waals surface area contributed by atoms with Crippen molar-refractivity contribution < 1.29 is 35.3 Å². The van der Waals surface area contributed by atoms with E-state index >= 15 is 0 Å². The molecule has 0 spiro atoms. The lowest BCUT2D eigenvalue weighted by atomic mass is 10.2. The minimum absolute atomic E-state index is 0.124. The highest BCUT2D eigenvalue weighted by molar-refractivity contribution is 7.87. The topological polar surface area (TPSA) is 98.3 Å². The number of nitrogens with one attached hydrogen (secondary N) is 1. The Morgan fingerprint density at radius 1 is 1.15 bits per heavy atom. The lowest BCUT2D eigenvalue weighted by Crippen LogP contribution is -2.11. The van der Waals surface area contributed by atoms with Gasteiger partial charge in [-0.15, -0.1) is 0 Å². The van der Waals surface area contributed by atoms with E-state index in [-0.39, 0.29) is 16.2 Å². The molecule has 3 rings (SSSR count). The van der Waals surface area contributed by atoms with Gasteiger partial charge in [-0.1, -0.05) is 6.07 Å². The SMILES string of the molecule is COC(=O)c1nc2ccc(S(=O)(=O)Oc3cccc(C(F)(F)F)c3)cc2[nH]1. The number of halogens is 3. The number of carbonyl (C=O) groups excluding carboxylic acids is 1. The van der Waals surface area contributed by atoms with E-state index in [9.17, 15) is 26.4 Å². The number of ether oxygens (including phenoxy) is 1. The first kappa shape index (κ1) is 18.7. The van der Waals surface area contributed by atoms with E-state index < -0.39 is 33.6 Å². The number of alkyl halides is 3. The van der Waals surface area contributed by atoms with E-state index in [0.29, 0.717) is 11.6 Å². The quantitative estimate of drug-likeness (QED) is 0.534. The van der Waals surface area contributed by atoms with Crippen molar-refractivity contribution in [3.63, 3.8) is 0 Å². The van der Waals surface area contributed by atoms with Gasteiger partial charge in [0.1, 0.15) is 10.6 Å². The molecule has 0 bridgehead atoms. The second kappa shape index (κ2) is 6.58. The van der Waals surface area contributed by atoms with Crippen molar-refractivity contribution in [3.8, 4) is 5.75 Å². The number of aromatic nitrogens is 2. The van der Waals surface area contributed by atoms with Crippen LogP contribution in [0.3, 0.4) is 0 Å². The molecule has 0 aliphatic rings. The van der Waals surface area contributed by atoms with Crippen molar-refractivity contribution in [1.29, 1.82) is 0 Å². The molecule has 1 N–H and O–H groups in total. The average Bonchev–Trinajstić information content (AvgIpc) is 3.03. The van der Waals surface area contributed by atoms with Gasteiger partial charge in [0, 0.05) is 0 Å². The molecular formula is C16H11F3N2O5S. The van der Waals surface area contributed by atoms with Crippen LogP contribution in [0.2, 0.25) is 0 Å². The lowest BCUT2D eigenvalue weighted by Gasteiger charge is -2.10. The largest absolute Gasteiger partial charge is 0.463 e. The van der Waals surface area contributed by atoms with Crippen molar-refractivity contribution in [2.75, 3.05) is 7.11 Å². The van der Waals surface area contributed by atoms with Crippen LogP contribution in [0.25, 0.3) is 11.0 Å². The van der Waals surface area contributed by atoms with Gasteiger partial charge in [-0.3, -0.25) is 0 Å². The number of carbonyl (C=O) groups is 1. The number of aromatic amines is 1. The maximum absolute atomic E-state index is 12.7. The Balaban J connectivity index is 1.94. The zero-order valence-electron chi connectivity index (χ0n) is 13.6. The summed E-state index contributed by atoms with van der Waals surface area (Å²) in [7, 11) is -3.25. The molecule has 0 unspecified atom stereocenters. The first-order chi connectivity index (χ1) is 12.6. The number of esters is 1. The average molecular weight is 400 g/mol. The van der Waals surface area contributed by atoms with E-state index in [1.165, 1.54) is 6.07 Å². The Labute approximate surface area is 150 Å². The van der Waals surface area contributed by atoms with Crippen LogP contribution in [0.15, 0.2) is 47.4 Å². The molecule has 11 heteroatoms. The molecule has 2 aromatic carbocycles. The van der Waals surface area contributed by atoms with Crippen LogP contribution < -0.4 is 4.18 Å². The predicted octanol–water partition coefficient (Wildman–Crippen LogP) is 3.14. The maximum atomic E-state index is 12.7. The Morgan fingerprint density at radius 2 is 1.89 bits per heavy atom. The van der Waals surface area contributed by atoms with Gasteiger partial charge in [0.15, 0.2) is 0 Å². The molecule has 0 aliphatic carbocycles.